The van der Waals surface area contributed by atoms with Gasteiger partial charge in [0, 0.05) is 6.07 Å². The van der Waals surface area contributed by atoms with Crippen LogP contribution in [0.4, 0.5) is 0 Å². The largest absolute Gasteiger partial charge is 0.423 e. The Hall–Kier alpha value is -2.61. The van der Waals surface area contributed by atoms with Gasteiger partial charge in [-0.25, -0.2) is 4.79 Å². The third-order valence-corrected chi connectivity index (χ3v) is 3.18. The van der Waals surface area contributed by atoms with Gasteiger partial charge in [-0.3, -0.25) is 0 Å². The van der Waals surface area contributed by atoms with Crippen molar-refractivity contribution in [3.05, 3.63) is 81.9 Å². The van der Waals surface area contributed by atoms with Crippen LogP contribution < -0.4 is 5.63 Å². The van der Waals surface area contributed by atoms with Gasteiger partial charge in [-0.15, -0.1) is 0 Å². The fourth-order valence-electron chi connectivity index (χ4n) is 2.28. The van der Waals surface area contributed by atoms with Crippen molar-refractivity contribution in [1.29, 1.82) is 0 Å². The Bertz CT molecular complexity index is 836. The molecule has 2 nitrogen and oxygen atoms in total. The molecule has 0 radical (unpaired) electrons. The van der Waals surface area contributed by atoms with Gasteiger partial charge in [0.1, 0.15) is 5.76 Å². The average Bonchev–Trinajstić information content (AvgIpc) is 2.44. The van der Waals surface area contributed by atoms with E-state index in [0.717, 1.165) is 11.1 Å². The highest BCUT2D eigenvalue weighted by Gasteiger charge is 1.98. The van der Waals surface area contributed by atoms with Gasteiger partial charge in [0.15, 0.2) is 0 Å². The Morgan fingerprint density at radius 3 is 2.60 bits per heavy atom. The van der Waals surface area contributed by atoms with E-state index in [-0.39, 0.29) is 5.63 Å². The van der Waals surface area contributed by atoms with Crippen LogP contribution in [-0.2, 0) is 0 Å². The number of benzene rings is 2. The van der Waals surface area contributed by atoms with Crippen LogP contribution in [0.3, 0.4) is 0 Å². The molecule has 1 aromatic heterocycles. The van der Waals surface area contributed by atoms with Crippen molar-refractivity contribution in [2.75, 3.05) is 0 Å². The third-order valence-electron chi connectivity index (χ3n) is 3.18. The van der Waals surface area contributed by atoms with Crippen LogP contribution >= 0.6 is 0 Å². The normalized spacial score (nSPS) is 11.2. The van der Waals surface area contributed by atoms with E-state index in [9.17, 15) is 4.79 Å². The Balaban J connectivity index is 2.04. The molecule has 0 unspecified atom stereocenters. The molecule has 0 saturated heterocycles. The first-order valence-electron chi connectivity index (χ1n) is 6.50. The van der Waals surface area contributed by atoms with Gasteiger partial charge in [-0.05, 0) is 41.0 Å². The lowest BCUT2D eigenvalue weighted by atomic mass is 10.0. The Morgan fingerprint density at radius 1 is 0.950 bits per heavy atom. The molecule has 0 amide bonds. The summed E-state index contributed by atoms with van der Waals surface area (Å²) in [7, 11) is 0. The molecular formula is C18H14O2. The maximum atomic E-state index is 11.3. The van der Waals surface area contributed by atoms with Gasteiger partial charge in [0.05, 0.1) is 0 Å². The van der Waals surface area contributed by atoms with Crippen molar-refractivity contribution in [1.82, 2.24) is 0 Å². The fourth-order valence-corrected chi connectivity index (χ4v) is 2.28. The topological polar surface area (TPSA) is 30.2 Å². The summed E-state index contributed by atoms with van der Waals surface area (Å²) in [6, 6.07) is 17.7. The van der Waals surface area contributed by atoms with Crippen LogP contribution in [0.1, 0.15) is 16.9 Å². The highest BCUT2D eigenvalue weighted by Crippen LogP contribution is 2.20. The molecule has 0 atom stereocenters. The fraction of sp³-hybridized carbons (Fsp3) is 0.0556. The lowest BCUT2D eigenvalue weighted by Gasteiger charge is -2.01. The second-order valence-corrected chi connectivity index (χ2v) is 4.76. The molecule has 0 aliphatic heterocycles. The number of fused-ring (bicyclic) bond motifs is 1. The van der Waals surface area contributed by atoms with Crippen molar-refractivity contribution in [3.8, 4) is 0 Å². The molecule has 0 aliphatic carbocycles. The van der Waals surface area contributed by atoms with E-state index < -0.39 is 0 Å². The van der Waals surface area contributed by atoms with Gasteiger partial charge in [-0.2, -0.15) is 0 Å². The van der Waals surface area contributed by atoms with Gasteiger partial charge in [0.2, 0.25) is 0 Å². The minimum absolute atomic E-state index is 0.317. The minimum Gasteiger partial charge on any atom is -0.423 e. The lowest BCUT2D eigenvalue weighted by molar-refractivity contribution is 0.500. The first-order valence-corrected chi connectivity index (χ1v) is 6.50. The zero-order chi connectivity index (χ0) is 13.9. The molecule has 2 heteroatoms. The number of aryl methyl sites for hydroxylation is 1. The summed E-state index contributed by atoms with van der Waals surface area (Å²) in [6.45, 7) is 1.88. The summed E-state index contributed by atoms with van der Waals surface area (Å²) in [6.07, 6.45) is 3.80. The molecule has 1 heterocycles. The Labute approximate surface area is 117 Å². The molecule has 0 bridgehead atoms. The molecule has 20 heavy (non-hydrogen) atoms. The molecular weight excluding hydrogens is 248 g/mol. The van der Waals surface area contributed by atoms with Crippen molar-refractivity contribution in [2.45, 2.75) is 6.92 Å². The van der Waals surface area contributed by atoms with Gasteiger partial charge in [0.25, 0.3) is 0 Å². The summed E-state index contributed by atoms with van der Waals surface area (Å²) in [5.74, 6) is 0.572. The smallest absolute Gasteiger partial charge is 0.336 e. The van der Waals surface area contributed by atoms with Crippen LogP contribution in [-0.4, -0.2) is 0 Å². The maximum Gasteiger partial charge on any atom is 0.336 e. The first kappa shape index (κ1) is 12.4. The Kier molecular flexibility index (Phi) is 3.21. The van der Waals surface area contributed by atoms with E-state index in [1.54, 1.807) is 0 Å². The molecule has 98 valence electrons. The van der Waals surface area contributed by atoms with Crippen LogP contribution in [0.15, 0.2) is 63.8 Å². The van der Waals surface area contributed by atoms with E-state index in [1.165, 1.54) is 16.8 Å². The summed E-state index contributed by atoms with van der Waals surface area (Å²) >= 11 is 0. The van der Waals surface area contributed by atoms with Crippen LogP contribution in [0.5, 0.6) is 0 Å². The highest BCUT2D eigenvalue weighted by molar-refractivity contribution is 5.92. The van der Waals surface area contributed by atoms with Crippen molar-refractivity contribution >= 4 is 22.9 Å². The first-order chi connectivity index (χ1) is 9.72. The van der Waals surface area contributed by atoms with Crippen LogP contribution in [0.25, 0.3) is 22.9 Å². The SMILES string of the molecule is Cc1cc(/C=C/c2cccc3ccccc23)oc(=O)c1. The molecule has 0 aliphatic rings. The summed E-state index contributed by atoms with van der Waals surface area (Å²) in [5.41, 5.74) is 1.69. The van der Waals surface area contributed by atoms with Crippen LogP contribution in [0.2, 0.25) is 0 Å². The lowest BCUT2D eigenvalue weighted by Crippen LogP contribution is -1.97. The van der Waals surface area contributed by atoms with Gasteiger partial charge < -0.3 is 4.42 Å². The number of rotatable bonds is 2. The standard InChI is InChI=1S/C18H14O2/c1-13-11-16(20-18(19)12-13)10-9-15-7-4-6-14-5-2-3-8-17(14)15/h2-12H,1H3/b10-9+. The van der Waals surface area contributed by atoms with E-state index in [4.69, 9.17) is 4.42 Å². The molecule has 0 saturated carbocycles. The predicted octanol–water partition coefficient (Wildman–Crippen LogP) is 4.27. The molecule has 3 aromatic rings. The van der Waals surface area contributed by atoms with Crippen LogP contribution in [0, 0.1) is 6.92 Å². The summed E-state index contributed by atoms with van der Waals surface area (Å²) in [4.78, 5) is 11.3. The van der Waals surface area contributed by atoms with Gasteiger partial charge >= 0.3 is 5.63 Å². The maximum absolute atomic E-state index is 11.3. The second kappa shape index (κ2) is 5.17. The average molecular weight is 262 g/mol. The van der Waals surface area contributed by atoms with E-state index >= 15 is 0 Å². The molecule has 3 rings (SSSR count). The quantitative estimate of drug-likeness (QED) is 0.690. The monoisotopic (exact) mass is 262 g/mol. The van der Waals surface area contributed by atoms with E-state index in [1.807, 2.05) is 49.4 Å². The van der Waals surface area contributed by atoms with Crippen molar-refractivity contribution in [2.24, 2.45) is 0 Å². The molecule has 2 aromatic carbocycles. The van der Waals surface area contributed by atoms with E-state index in [0.29, 0.717) is 5.76 Å². The predicted molar refractivity (Wildman–Crippen MR) is 82.6 cm³/mol. The minimum atomic E-state index is -0.317. The summed E-state index contributed by atoms with van der Waals surface area (Å²) in [5, 5.41) is 2.38. The van der Waals surface area contributed by atoms with Gasteiger partial charge in [-0.1, -0.05) is 48.5 Å². The third kappa shape index (κ3) is 2.54. The van der Waals surface area contributed by atoms with Crippen molar-refractivity contribution in [3.63, 3.8) is 0 Å². The molecule has 0 fully saturated rings. The zero-order valence-electron chi connectivity index (χ0n) is 11.2. The summed E-state index contributed by atoms with van der Waals surface area (Å²) < 4.78 is 5.15. The Morgan fingerprint density at radius 2 is 1.75 bits per heavy atom. The molecule has 0 N–H and O–H groups in total. The second-order valence-electron chi connectivity index (χ2n) is 4.76. The zero-order valence-corrected chi connectivity index (χ0v) is 11.2. The van der Waals surface area contributed by atoms with E-state index in [2.05, 4.69) is 18.2 Å². The number of hydrogen-bond acceptors (Lipinski definition) is 2. The van der Waals surface area contributed by atoms with Crippen molar-refractivity contribution < 1.29 is 4.42 Å². The molecule has 0 spiro atoms. The number of hydrogen-bond donors (Lipinski definition) is 0. The highest BCUT2D eigenvalue weighted by atomic mass is 16.4.